The molecule has 2 aliphatic carbocycles. The standard InChI is InChI=1S/C40H50N4O6S/c1-27(2)44-33-19-13-12-18-32(33)41-38(44)50-31-23-34-35(45)25-40(37(47)42-51(48,49)39(3)20-21-39)24-30(40)17-11-6-4-5-10-16-29(36(46)43(34)26-31)22-28-14-8-7-9-15-28/h7-9,11-15,17-19,27,29-31,34H,4-6,10,16,20-26H2,1-3H3,(H,42,47)/b17-11-/t29-,30-,31-,34+,40-/m1/s1. The molecule has 51 heavy (non-hydrogen) atoms. The van der Waals surface area contributed by atoms with Gasteiger partial charge in [-0.3, -0.25) is 23.7 Å². The summed E-state index contributed by atoms with van der Waals surface area (Å²) in [6.07, 6.45) is 9.95. The van der Waals surface area contributed by atoms with Crippen molar-refractivity contribution in [1.82, 2.24) is 19.2 Å². The van der Waals surface area contributed by atoms with Crippen LogP contribution in [-0.2, 0) is 30.8 Å². The highest BCUT2D eigenvalue weighted by Crippen LogP contribution is 2.57. The number of benzene rings is 2. The van der Waals surface area contributed by atoms with E-state index in [4.69, 9.17) is 9.72 Å². The lowest BCUT2D eigenvalue weighted by Gasteiger charge is -2.29. The molecule has 1 aromatic heterocycles. The van der Waals surface area contributed by atoms with Gasteiger partial charge in [-0.2, -0.15) is 4.98 Å². The van der Waals surface area contributed by atoms with E-state index in [0.29, 0.717) is 38.1 Å². The Bertz CT molecular complexity index is 1930. The van der Waals surface area contributed by atoms with E-state index in [1.165, 1.54) is 0 Å². The Balaban J connectivity index is 1.21. The molecule has 7 rings (SSSR count). The SMILES string of the molecule is CC(C)n1c(O[C@@H]2C[C@H]3C(=O)C[C@]4(C(=O)NS(=O)(=O)C5(C)CC5)C[C@H]4/C=C\CCCCC[C@H](Cc4ccccc4)C(=O)N3C2)nc2ccccc21. The summed E-state index contributed by atoms with van der Waals surface area (Å²) in [5.41, 5.74) is 1.65. The Kier molecular flexibility index (Phi) is 9.62. The Morgan fingerprint density at radius 2 is 1.78 bits per heavy atom. The summed E-state index contributed by atoms with van der Waals surface area (Å²) in [6.45, 7) is 6.00. The Morgan fingerprint density at radius 3 is 2.53 bits per heavy atom. The van der Waals surface area contributed by atoms with E-state index in [-0.39, 0.29) is 49.0 Å². The number of para-hydroxylation sites is 2. The zero-order valence-corrected chi connectivity index (χ0v) is 30.7. The van der Waals surface area contributed by atoms with Crippen molar-refractivity contribution in [1.29, 1.82) is 0 Å². The van der Waals surface area contributed by atoms with Crippen molar-refractivity contribution in [2.45, 2.75) is 114 Å². The third-order valence-electron chi connectivity index (χ3n) is 11.6. The van der Waals surface area contributed by atoms with Crippen molar-refractivity contribution in [2.75, 3.05) is 6.54 Å². The van der Waals surface area contributed by atoms with E-state index < -0.39 is 38.2 Å². The zero-order valence-electron chi connectivity index (χ0n) is 29.9. The number of nitrogens with one attached hydrogen (secondary N) is 1. The first-order valence-corrected chi connectivity index (χ1v) is 20.1. The number of ether oxygens (including phenoxy) is 1. The molecule has 0 bridgehead atoms. The Morgan fingerprint density at radius 1 is 1.04 bits per heavy atom. The number of sulfonamides is 1. The van der Waals surface area contributed by atoms with Crippen LogP contribution in [0, 0.1) is 17.3 Å². The number of hydrogen-bond acceptors (Lipinski definition) is 7. The molecule has 1 saturated heterocycles. The van der Waals surface area contributed by atoms with Crippen LogP contribution >= 0.6 is 0 Å². The molecule has 0 unspecified atom stereocenters. The molecule has 2 aromatic carbocycles. The minimum absolute atomic E-state index is 0.0604. The molecule has 3 aromatic rings. The van der Waals surface area contributed by atoms with Crippen LogP contribution in [0.15, 0.2) is 66.7 Å². The molecule has 272 valence electrons. The first-order chi connectivity index (χ1) is 24.4. The lowest BCUT2D eigenvalue weighted by atomic mass is 9.90. The number of hydrogen-bond donors (Lipinski definition) is 1. The van der Waals surface area contributed by atoms with Crippen LogP contribution in [0.5, 0.6) is 6.01 Å². The van der Waals surface area contributed by atoms with Gasteiger partial charge in [-0.15, -0.1) is 0 Å². The van der Waals surface area contributed by atoms with Crippen molar-refractivity contribution in [2.24, 2.45) is 17.3 Å². The zero-order chi connectivity index (χ0) is 36.0. The number of nitrogens with zero attached hydrogens (tertiary/aromatic N) is 3. The van der Waals surface area contributed by atoms with E-state index in [1.807, 2.05) is 65.2 Å². The second kappa shape index (κ2) is 13.9. The highest BCUT2D eigenvalue weighted by Gasteiger charge is 2.62. The van der Waals surface area contributed by atoms with Crippen molar-refractivity contribution in [3.05, 3.63) is 72.3 Å². The van der Waals surface area contributed by atoms with Crippen molar-refractivity contribution in [3.8, 4) is 6.01 Å². The lowest BCUT2D eigenvalue weighted by molar-refractivity contribution is -0.142. The molecule has 1 N–H and O–H groups in total. The number of amides is 2. The van der Waals surface area contributed by atoms with E-state index >= 15 is 0 Å². The van der Waals surface area contributed by atoms with Crippen LogP contribution in [0.2, 0.25) is 0 Å². The predicted molar refractivity (Wildman–Crippen MR) is 195 cm³/mol. The van der Waals surface area contributed by atoms with Gasteiger partial charge >= 0.3 is 0 Å². The maximum Gasteiger partial charge on any atom is 0.297 e. The maximum atomic E-state index is 14.7. The Labute approximate surface area is 301 Å². The quantitative estimate of drug-likeness (QED) is 0.271. The number of fused-ring (bicyclic) bond motifs is 3. The number of allylic oxidation sites excluding steroid dienone is 2. The number of carbonyl (C=O) groups excluding carboxylic acids is 3. The largest absolute Gasteiger partial charge is 0.459 e. The third kappa shape index (κ3) is 7.10. The van der Waals surface area contributed by atoms with E-state index in [2.05, 4.69) is 24.6 Å². The van der Waals surface area contributed by atoms with Gasteiger partial charge in [0.15, 0.2) is 5.78 Å². The molecular weight excluding hydrogens is 665 g/mol. The molecular formula is C40H50N4O6S. The molecule has 11 heteroatoms. The van der Waals surface area contributed by atoms with Crippen LogP contribution in [0.1, 0.15) is 96.6 Å². The topological polar surface area (TPSA) is 128 Å². The third-order valence-corrected chi connectivity index (χ3v) is 13.8. The highest BCUT2D eigenvalue weighted by atomic mass is 32.2. The molecule has 2 amide bonds. The molecule has 5 atom stereocenters. The first kappa shape index (κ1) is 35.4. The number of rotatable bonds is 8. The van der Waals surface area contributed by atoms with Crippen LogP contribution < -0.4 is 9.46 Å². The van der Waals surface area contributed by atoms with Gasteiger partial charge in [-0.05, 0) is 89.3 Å². The van der Waals surface area contributed by atoms with E-state index in [1.54, 1.807) is 11.8 Å². The normalized spacial score (nSPS) is 28.7. The molecule has 2 saturated carbocycles. The minimum atomic E-state index is -3.89. The smallest absolute Gasteiger partial charge is 0.297 e. The second-order valence-corrected chi connectivity index (χ2v) is 18.0. The molecule has 0 radical (unpaired) electrons. The molecule has 3 fully saturated rings. The minimum Gasteiger partial charge on any atom is -0.459 e. The fourth-order valence-corrected chi connectivity index (χ4v) is 9.41. The van der Waals surface area contributed by atoms with Gasteiger partial charge < -0.3 is 9.64 Å². The van der Waals surface area contributed by atoms with Gasteiger partial charge in [0.25, 0.3) is 6.01 Å². The molecule has 4 aliphatic rings. The maximum absolute atomic E-state index is 14.7. The monoisotopic (exact) mass is 714 g/mol. The fraction of sp³-hybridized carbons (Fsp3) is 0.550. The number of ketones is 1. The van der Waals surface area contributed by atoms with Crippen LogP contribution in [0.4, 0.5) is 0 Å². The molecule has 0 spiro atoms. The predicted octanol–water partition coefficient (Wildman–Crippen LogP) is 6.31. The second-order valence-electron chi connectivity index (χ2n) is 15.8. The van der Waals surface area contributed by atoms with E-state index in [9.17, 15) is 22.8 Å². The molecule has 3 heterocycles. The van der Waals surface area contributed by atoms with Gasteiger partial charge in [0, 0.05) is 24.8 Å². The summed E-state index contributed by atoms with van der Waals surface area (Å²) in [5, 5.41) is 0. The summed E-state index contributed by atoms with van der Waals surface area (Å²) in [5.74, 6) is -1.50. The summed E-state index contributed by atoms with van der Waals surface area (Å²) in [7, 11) is -3.89. The average molecular weight is 715 g/mol. The average Bonchev–Trinajstić information content (AvgIpc) is 3.92. The van der Waals surface area contributed by atoms with Crippen LogP contribution in [-0.4, -0.2) is 63.9 Å². The number of carbonyl (C=O) groups is 3. The van der Waals surface area contributed by atoms with Gasteiger partial charge in [0.2, 0.25) is 21.8 Å². The van der Waals surface area contributed by atoms with Crippen molar-refractivity contribution in [3.63, 3.8) is 0 Å². The molecule has 2 aliphatic heterocycles. The summed E-state index contributed by atoms with van der Waals surface area (Å²) in [6, 6.07) is 17.5. The number of imidazole rings is 1. The van der Waals surface area contributed by atoms with E-state index in [0.717, 1.165) is 42.3 Å². The number of aromatic nitrogens is 2. The summed E-state index contributed by atoms with van der Waals surface area (Å²) >= 11 is 0. The Hall–Kier alpha value is -3.99. The van der Waals surface area contributed by atoms with Crippen LogP contribution in [0.25, 0.3) is 11.0 Å². The summed E-state index contributed by atoms with van der Waals surface area (Å²) < 4.78 is 36.4. The lowest BCUT2D eigenvalue weighted by Crippen LogP contribution is -2.47. The first-order valence-electron chi connectivity index (χ1n) is 18.6. The molecule has 10 nitrogen and oxygen atoms in total. The van der Waals surface area contributed by atoms with Gasteiger partial charge in [-0.25, -0.2) is 8.42 Å². The number of Topliss-reactive ketones (excluding diaryl/α,β-unsaturated/α-hetero) is 1. The van der Waals surface area contributed by atoms with Gasteiger partial charge in [-0.1, -0.05) is 67.5 Å². The fourth-order valence-electron chi connectivity index (χ4n) is 8.07. The van der Waals surface area contributed by atoms with Crippen molar-refractivity contribution >= 4 is 38.7 Å². The summed E-state index contributed by atoms with van der Waals surface area (Å²) in [4.78, 5) is 49.6. The van der Waals surface area contributed by atoms with Gasteiger partial charge in [0.05, 0.1) is 33.8 Å². The highest BCUT2D eigenvalue weighted by molar-refractivity contribution is 7.91. The van der Waals surface area contributed by atoms with Crippen molar-refractivity contribution < 1.29 is 27.5 Å². The van der Waals surface area contributed by atoms with Gasteiger partial charge in [0.1, 0.15) is 6.10 Å². The van der Waals surface area contributed by atoms with Crippen LogP contribution in [0.3, 0.4) is 0 Å².